The van der Waals surface area contributed by atoms with Gasteiger partial charge in [-0.05, 0) is 30.5 Å². The molecule has 2 saturated heterocycles. The van der Waals surface area contributed by atoms with Gasteiger partial charge in [-0.25, -0.2) is 4.79 Å². The number of amides is 3. The summed E-state index contributed by atoms with van der Waals surface area (Å²) >= 11 is 12.8. The Bertz CT molecular complexity index is 644. The number of carbonyl (C=O) groups is 2. The van der Waals surface area contributed by atoms with Crippen molar-refractivity contribution in [2.45, 2.75) is 25.3 Å². The highest BCUT2D eigenvalue weighted by atomic mass is 35.5. The first-order chi connectivity index (χ1) is 12.0. The Hall–Kier alpha value is -1.31. The van der Waals surface area contributed by atoms with Crippen LogP contribution >= 0.6 is 35.6 Å². The van der Waals surface area contributed by atoms with Crippen molar-refractivity contribution in [1.29, 1.82) is 0 Å². The Morgan fingerprint density at radius 3 is 2.56 bits per heavy atom. The predicted molar refractivity (Wildman–Crippen MR) is 105 cm³/mol. The third kappa shape index (κ3) is 4.65. The Morgan fingerprint density at radius 2 is 1.92 bits per heavy atom. The molecule has 1 unspecified atom stereocenters. The number of thioether (sulfide) groups is 1. The molecule has 0 aromatic heterocycles. The predicted octanol–water partition coefficient (Wildman–Crippen LogP) is 3.44. The van der Waals surface area contributed by atoms with Crippen molar-refractivity contribution < 1.29 is 9.59 Å². The van der Waals surface area contributed by atoms with E-state index in [1.165, 1.54) is 29.5 Å². The zero-order valence-electron chi connectivity index (χ0n) is 13.7. The molecule has 8 heteroatoms. The summed E-state index contributed by atoms with van der Waals surface area (Å²) < 4.78 is 0.862. The van der Waals surface area contributed by atoms with Crippen LogP contribution in [0.2, 0.25) is 5.02 Å². The van der Waals surface area contributed by atoms with Crippen LogP contribution in [0.15, 0.2) is 24.3 Å². The normalized spacial score (nSPS) is 20.8. The molecule has 2 aliphatic rings. The van der Waals surface area contributed by atoms with Gasteiger partial charge in [-0.15, -0.1) is 0 Å². The zero-order valence-corrected chi connectivity index (χ0v) is 16.1. The van der Waals surface area contributed by atoms with Crippen LogP contribution in [0, 0.1) is 0 Å². The molecule has 134 valence electrons. The first-order valence-electron chi connectivity index (χ1n) is 8.32. The van der Waals surface area contributed by atoms with E-state index >= 15 is 0 Å². The van der Waals surface area contributed by atoms with Crippen molar-refractivity contribution in [2.24, 2.45) is 0 Å². The van der Waals surface area contributed by atoms with E-state index in [0.717, 1.165) is 23.0 Å². The Kier molecular flexibility index (Phi) is 6.19. The molecule has 1 aromatic rings. The van der Waals surface area contributed by atoms with Crippen molar-refractivity contribution >= 4 is 51.8 Å². The van der Waals surface area contributed by atoms with Gasteiger partial charge in [-0.1, -0.05) is 47.7 Å². The Balaban J connectivity index is 1.50. The summed E-state index contributed by atoms with van der Waals surface area (Å²) in [6, 6.07) is 6.54. The van der Waals surface area contributed by atoms with Gasteiger partial charge < -0.3 is 10.2 Å². The van der Waals surface area contributed by atoms with Crippen LogP contribution in [-0.2, 0) is 4.79 Å². The lowest BCUT2D eigenvalue weighted by molar-refractivity contribution is -0.130. The summed E-state index contributed by atoms with van der Waals surface area (Å²) in [6.07, 6.45) is 2.62. The summed E-state index contributed by atoms with van der Waals surface area (Å²) in [5.74, 6) is 0.469. The van der Waals surface area contributed by atoms with Gasteiger partial charge in [0.15, 0.2) is 0 Å². The van der Waals surface area contributed by atoms with Crippen molar-refractivity contribution in [1.82, 2.24) is 15.1 Å². The number of likely N-dealkylation sites (tertiary alicyclic amines) is 1. The van der Waals surface area contributed by atoms with Crippen LogP contribution in [0.25, 0.3) is 0 Å². The standard InChI is InChI=1S/C17H20ClN3O2S2/c18-13-5-3-12(4-6-13)14-11-15(22)21(16(23)19-14)9-10-25-17(24)20-7-1-2-8-20/h3-6,14H,1-2,7-11H2,(H,19,23). The molecule has 0 bridgehead atoms. The summed E-state index contributed by atoms with van der Waals surface area (Å²) in [6.45, 7) is 2.39. The molecule has 2 aliphatic heterocycles. The summed E-state index contributed by atoms with van der Waals surface area (Å²) in [7, 11) is 0. The second kappa shape index (κ2) is 8.38. The third-order valence-electron chi connectivity index (χ3n) is 4.40. The highest BCUT2D eigenvalue weighted by Gasteiger charge is 2.32. The number of hydrogen-bond donors (Lipinski definition) is 1. The Labute approximate surface area is 162 Å². The van der Waals surface area contributed by atoms with Crippen molar-refractivity contribution in [3.8, 4) is 0 Å². The molecular formula is C17H20ClN3O2S2. The second-order valence-electron chi connectivity index (χ2n) is 6.11. The molecule has 1 aromatic carbocycles. The lowest BCUT2D eigenvalue weighted by atomic mass is 10.0. The van der Waals surface area contributed by atoms with Crippen LogP contribution in [0.4, 0.5) is 4.79 Å². The quantitative estimate of drug-likeness (QED) is 0.789. The van der Waals surface area contributed by atoms with Crippen molar-refractivity contribution in [3.63, 3.8) is 0 Å². The fourth-order valence-electron chi connectivity index (χ4n) is 3.01. The molecule has 25 heavy (non-hydrogen) atoms. The summed E-state index contributed by atoms with van der Waals surface area (Å²) in [5, 5.41) is 3.53. The van der Waals surface area contributed by atoms with E-state index in [1.807, 2.05) is 12.1 Å². The number of hydrogen-bond acceptors (Lipinski definition) is 4. The third-order valence-corrected chi connectivity index (χ3v) is 6.16. The molecule has 2 heterocycles. The molecule has 0 saturated carbocycles. The molecule has 1 atom stereocenters. The number of halogens is 1. The number of carbonyl (C=O) groups excluding carboxylic acids is 2. The molecule has 3 rings (SSSR count). The first kappa shape index (κ1) is 18.5. The number of rotatable bonds is 4. The average Bonchev–Trinajstić information content (AvgIpc) is 3.12. The van der Waals surface area contributed by atoms with Crippen LogP contribution in [0.5, 0.6) is 0 Å². The lowest BCUT2D eigenvalue weighted by Gasteiger charge is -2.31. The molecule has 2 fully saturated rings. The molecule has 0 spiro atoms. The van der Waals surface area contributed by atoms with Gasteiger partial charge >= 0.3 is 6.03 Å². The molecule has 0 aliphatic carbocycles. The van der Waals surface area contributed by atoms with Crippen molar-refractivity contribution in [3.05, 3.63) is 34.9 Å². The van der Waals surface area contributed by atoms with Gasteiger partial charge in [0.1, 0.15) is 4.32 Å². The number of benzene rings is 1. The SMILES string of the molecule is O=C1CC(c2ccc(Cl)cc2)NC(=O)N1CCSC(=S)N1CCCC1. The number of nitrogens with zero attached hydrogens (tertiary/aromatic N) is 2. The number of thiocarbonyl (C=S) groups is 1. The van der Waals surface area contributed by atoms with Gasteiger partial charge in [0, 0.05) is 30.4 Å². The number of imide groups is 1. The number of nitrogens with one attached hydrogen (secondary N) is 1. The van der Waals surface area contributed by atoms with E-state index in [2.05, 4.69) is 10.2 Å². The van der Waals surface area contributed by atoms with E-state index in [4.69, 9.17) is 23.8 Å². The second-order valence-corrected chi connectivity index (χ2v) is 8.28. The topological polar surface area (TPSA) is 52.7 Å². The van der Waals surface area contributed by atoms with E-state index < -0.39 is 0 Å². The highest BCUT2D eigenvalue weighted by Crippen LogP contribution is 2.24. The molecule has 3 amide bonds. The minimum absolute atomic E-state index is 0.156. The largest absolute Gasteiger partial charge is 0.358 e. The highest BCUT2D eigenvalue weighted by molar-refractivity contribution is 8.22. The van der Waals surface area contributed by atoms with Gasteiger partial charge in [0.25, 0.3) is 0 Å². The van der Waals surface area contributed by atoms with Gasteiger partial charge in [-0.3, -0.25) is 9.69 Å². The van der Waals surface area contributed by atoms with Gasteiger partial charge in [0.2, 0.25) is 5.91 Å². The van der Waals surface area contributed by atoms with E-state index in [9.17, 15) is 9.59 Å². The van der Waals surface area contributed by atoms with E-state index in [-0.39, 0.29) is 24.4 Å². The van der Waals surface area contributed by atoms with Crippen molar-refractivity contribution in [2.75, 3.05) is 25.4 Å². The van der Waals surface area contributed by atoms with Crippen LogP contribution in [0.1, 0.15) is 30.9 Å². The summed E-state index contributed by atoms with van der Waals surface area (Å²) in [5.41, 5.74) is 0.885. The van der Waals surface area contributed by atoms with Gasteiger partial charge in [0.05, 0.1) is 12.5 Å². The maximum Gasteiger partial charge on any atom is 0.324 e. The zero-order chi connectivity index (χ0) is 17.8. The molecule has 1 N–H and O–H groups in total. The smallest absolute Gasteiger partial charge is 0.324 e. The Morgan fingerprint density at radius 1 is 1.24 bits per heavy atom. The van der Waals surface area contributed by atoms with Crippen LogP contribution < -0.4 is 5.32 Å². The number of urea groups is 1. The fraction of sp³-hybridized carbons (Fsp3) is 0.471. The minimum atomic E-state index is -0.344. The summed E-state index contributed by atoms with van der Waals surface area (Å²) in [4.78, 5) is 28.1. The van der Waals surface area contributed by atoms with Crippen LogP contribution in [0.3, 0.4) is 0 Å². The molecule has 0 radical (unpaired) electrons. The average molecular weight is 398 g/mol. The maximum atomic E-state index is 12.4. The monoisotopic (exact) mass is 397 g/mol. The lowest BCUT2D eigenvalue weighted by Crippen LogP contribution is -2.52. The fourth-order valence-corrected chi connectivity index (χ4v) is 4.39. The maximum absolute atomic E-state index is 12.4. The van der Waals surface area contributed by atoms with E-state index in [0.29, 0.717) is 17.3 Å². The van der Waals surface area contributed by atoms with Gasteiger partial charge in [-0.2, -0.15) is 0 Å². The first-order valence-corrected chi connectivity index (χ1v) is 10.1. The molecule has 5 nitrogen and oxygen atoms in total. The van der Waals surface area contributed by atoms with E-state index in [1.54, 1.807) is 12.1 Å². The minimum Gasteiger partial charge on any atom is -0.358 e. The van der Waals surface area contributed by atoms with Crippen LogP contribution in [-0.4, -0.2) is 51.4 Å². The molecular weight excluding hydrogens is 378 g/mol.